The highest BCUT2D eigenvalue weighted by molar-refractivity contribution is 6.06. The Morgan fingerprint density at radius 2 is 1.61 bits per heavy atom. The van der Waals surface area contributed by atoms with Crippen LogP contribution < -0.4 is 10.6 Å². The molecular weight excluding hydrogens is 503 g/mol. The number of hydrogen-bond donors (Lipinski definition) is 1. The third-order valence-electron chi connectivity index (χ3n) is 5.89. The number of carbonyl (C=O) groups is 2. The van der Waals surface area contributed by atoms with E-state index in [-0.39, 0.29) is 34.0 Å². The van der Waals surface area contributed by atoms with Crippen LogP contribution in [0.4, 0.5) is 18.9 Å². The number of nitrogens with two attached hydrogens (primary N) is 1. The molecule has 2 N–H and O–H groups in total. The Bertz CT molecular complexity index is 1490. The summed E-state index contributed by atoms with van der Waals surface area (Å²) in [5, 5.41) is 13.8. The second kappa shape index (κ2) is 10.1. The van der Waals surface area contributed by atoms with Crippen LogP contribution >= 0.6 is 0 Å². The van der Waals surface area contributed by atoms with Crippen molar-refractivity contribution in [3.63, 3.8) is 0 Å². The molecule has 0 amide bonds. The average molecular weight is 523 g/mol. The number of benzene rings is 2. The molecule has 1 atom stereocenters. The molecule has 2 aromatic carbocycles. The predicted octanol–water partition coefficient (Wildman–Crippen LogP) is 3.79. The summed E-state index contributed by atoms with van der Waals surface area (Å²) in [6, 6.07) is 16.3. The van der Waals surface area contributed by atoms with Crippen LogP contribution in [0.1, 0.15) is 17.0 Å². The van der Waals surface area contributed by atoms with Crippen molar-refractivity contribution in [1.29, 1.82) is 5.26 Å². The van der Waals surface area contributed by atoms with E-state index in [1.807, 2.05) is 6.07 Å². The van der Waals surface area contributed by atoms with Crippen LogP contribution in [0.3, 0.4) is 0 Å². The van der Waals surface area contributed by atoms with Crippen LogP contribution in [0.5, 0.6) is 0 Å². The van der Waals surface area contributed by atoms with Gasteiger partial charge >= 0.3 is 18.1 Å². The average Bonchev–Trinajstić information content (AvgIpc) is 3.43. The highest BCUT2D eigenvalue weighted by Crippen LogP contribution is 2.43. The third-order valence-corrected chi connectivity index (χ3v) is 5.89. The molecule has 1 unspecified atom stereocenters. The van der Waals surface area contributed by atoms with E-state index in [9.17, 15) is 28.0 Å². The van der Waals surface area contributed by atoms with Gasteiger partial charge in [0.2, 0.25) is 0 Å². The summed E-state index contributed by atoms with van der Waals surface area (Å²) in [4.78, 5) is 27.3. The molecule has 1 aliphatic heterocycles. The van der Waals surface area contributed by atoms with Gasteiger partial charge in [-0.25, -0.2) is 14.3 Å². The van der Waals surface area contributed by atoms with Crippen molar-refractivity contribution in [3.05, 3.63) is 101 Å². The number of ether oxygens (including phenoxy) is 2. The van der Waals surface area contributed by atoms with Crippen molar-refractivity contribution in [3.8, 4) is 11.8 Å². The minimum atomic E-state index is -4.56. The van der Waals surface area contributed by atoms with Gasteiger partial charge in [0, 0.05) is 11.9 Å². The van der Waals surface area contributed by atoms with Gasteiger partial charge in [-0.15, -0.1) is 0 Å². The standard InChI is InChI=1S/C26H20F3N5O4/c1-37-24(35)21-20(15-6-4-3-5-7-15)19(12-30)23(31)34(22(21)25(36)38-2)18-10-8-17(9-11-18)33-14-16(13-32-33)26(27,28)29/h3-11,13-14,20H,31H2,1-2H3. The summed E-state index contributed by atoms with van der Waals surface area (Å²) in [6.45, 7) is 0. The van der Waals surface area contributed by atoms with Gasteiger partial charge in [0.25, 0.3) is 0 Å². The van der Waals surface area contributed by atoms with Gasteiger partial charge in [-0.1, -0.05) is 30.3 Å². The number of nitrogens with zero attached hydrogens (tertiary/aromatic N) is 4. The minimum absolute atomic E-state index is 0.0183. The minimum Gasteiger partial charge on any atom is -0.466 e. The molecule has 0 fully saturated rings. The van der Waals surface area contributed by atoms with Gasteiger partial charge in [0.1, 0.15) is 11.5 Å². The zero-order valence-corrected chi connectivity index (χ0v) is 20.1. The number of aromatic nitrogens is 2. The van der Waals surface area contributed by atoms with Crippen LogP contribution in [0.15, 0.2) is 89.7 Å². The number of alkyl halides is 3. The largest absolute Gasteiger partial charge is 0.466 e. The number of halogens is 3. The van der Waals surface area contributed by atoms with Crippen LogP contribution in [0, 0.1) is 11.3 Å². The molecule has 12 heteroatoms. The summed E-state index contributed by atoms with van der Waals surface area (Å²) in [7, 11) is 2.26. The van der Waals surface area contributed by atoms with Crippen LogP contribution in [-0.2, 0) is 25.2 Å². The molecule has 0 bridgehead atoms. The first-order valence-corrected chi connectivity index (χ1v) is 11.0. The molecule has 194 valence electrons. The van der Waals surface area contributed by atoms with Crippen molar-refractivity contribution in [1.82, 2.24) is 9.78 Å². The summed E-state index contributed by atoms with van der Waals surface area (Å²) >= 11 is 0. The molecule has 0 spiro atoms. The van der Waals surface area contributed by atoms with E-state index in [1.165, 1.54) is 29.2 Å². The number of esters is 2. The quantitative estimate of drug-likeness (QED) is 0.501. The number of methoxy groups -OCH3 is 2. The maximum atomic E-state index is 13.1. The molecule has 4 rings (SSSR count). The molecule has 0 saturated heterocycles. The van der Waals surface area contributed by atoms with Crippen molar-refractivity contribution < 1.29 is 32.2 Å². The smallest absolute Gasteiger partial charge is 0.419 e. The van der Waals surface area contributed by atoms with E-state index in [0.717, 1.165) is 25.1 Å². The fourth-order valence-corrected chi connectivity index (χ4v) is 4.15. The first-order chi connectivity index (χ1) is 18.1. The first-order valence-electron chi connectivity index (χ1n) is 11.0. The molecule has 1 aromatic heterocycles. The number of rotatable bonds is 5. The molecule has 2 heterocycles. The van der Waals surface area contributed by atoms with Gasteiger partial charge in [-0.3, -0.25) is 4.90 Å². The Morgan fingerprint density at radius 3 is 2.13 bits per heavy atom. The summed E-state index contributed by atoms with van der Waals surface area (Å²) < 4.78 is 49.9. The van der Waals surface area contributed by atoms with E-state index in [2.05, 4.69) is 5.10 Å². The lowest BCUT2D eigenvalue weighted by Crippen LogP contribution is -2.40. The van der Waals surface area contributed by atoms with Gasteiger partial charge in [-0.2, -0.15) is 23.5 Å². The predicted molar refractivity (Wildman–Crippen MR) is 128 cm³/mol. The molecule has 0 saturated carbocycles. The van der Waals surface area contributed by atoms with E-state index < -0.39 is 29.6 Å². The molecule has 9 nitrogen and oxygen atoms in total. The first kappa shape index (κ1) is 26.0. The molecular formula is C26H20F3N5O4. The lowest BCUT2D eigenvalue weighted by Gasteiger charge is -2.35. The normalized spacial score (nSPS) is 15.8. The Morgan fingerprint density at radius 1 is 1.00 bits per heavy atom. The molecule has 0 radical (unpaired) electrons. The molecule has 0 aliphatic carbocycles. The molecule has 38 heavy (non-hydrogen) atoms. The summed E-state index contributed by atoms with van der Waals surface area (Å²) in [5.74, 6) is -2.96. The van der Waals surface area contributed by atoms with E-state index >= 15 is 0 Å². The number of carbonyl (C=O) groups excluding carboxylic acids is 2. The Hall–Kier alpha value is -5.05. The second-order valence-electron chi connectivity index (χ2n) is 8.02. The lowest BCUT2D eigenvalue weighted by atomic mass is 9.81. The monoisotopic (exact) mass is 523 g/mol. The van der Waals surface area contributed by atoms with Crippen molar-refractivity contribution >= 4 is 17.6 Å². The van der Waals surface area contributed by atoms with Crippen molar-refractivity contribution in [2.45, 2.75) is 12.1 Å². The number of nitriles is 1. The van der Waals surface area contributed by atoms with Gasteiger partial charge in [0.05, 0.1) is 54.8 Å². The maximum absolute atomic E-state index is 13.1. The maximum Gasteiger partial charge on any atom is 0.419 e. The Balaban J connectivity index is 1.89. The Labute approximate surface area is 214 Å². The highest BCUT2D eigenvalue weighted by atomic mass is 19.4. The zero-order chi connectivity index (χ0) is 27.6. The van der Waals surface area contributed by atoms with Crippen LogP contribution in [0.25, 0.3) is 5.69 Å². The van der Waals surface area contributed by atoms with Crippen LogP contribution in [0.2, 0.25) is 0 Å². The third kappa shape index (κ3) is 4.57. The van der Waals surface area contributed by atoms with Crippen molar-refractivity contribution in [2.24, 2.45) is 5.73 Å². The number of hydrogen-bond acceptors (Lipinski definition) is 8. The van der Waals surface area contributed by atoms with Gasteiger partial charge < -0.3 is 15.2 Å². The summed E-state index contributed by atoms with van der Waals surface area (Å²) in [6.07, 6.45) is -3.03. The highest BCUT2D eigenvalue weighted by Gasteiger charge is 2.43. The van der Waals surface area contributed by atoms with E-state index in [0.29, 0.717) is 11.8 Å². The molecule has 3 aromatic rings. The van der Waals surface area contributed by atoms with Crippen molar-refractivity contribution in [2.75, 3.05) is 19.1 Å². The SMILES string of the molecule is COC(=O)C1=C(C(=O)OC)N(c2ccc(-n3cc(C(F)(F)F)cn3)cc2)C(N)=C(C#N)C1c1ccccc1. The second-order valence-corrected chi connectivity index (χ2v) is 8.02. The topological polar surface area (TPSA) is 123 Å². The zero-order valence-electron chi connectivity index (χ0n) is 20.1. The molecule has 1 aliphatic rings. The van der Waals surface area contributed by atoms with Gasteiger partial charge in [0.15, 0.2) is 0 Å². The Kier molecular flexibility index (Phi) is 6.94. The lowest BCUT2D eigenvalue weighted by molar-refractivity contribution is -0.139. The summed E-state index contributed by atoms with van der Waals surface area (Å²) in [5.41, 5.74) is 6.08. The van der Waals surface area contributed by atoms with Crippen LogP contribution in [-0.4, -0.2) is 35.9 Å². The van der Waals surface area contributed by atoms with E-state index in [1.54, 1.807) is 30.3 Å². The van der Waals surface area contributed by atoms with E-state index in [4.69, 9.17) is 15.2 Å². The fourth-order valence-electron chi connectivity index (χ4n) is 4.15. The number of allylic oxidation sites excluding steroid dienone is 1. The van der Waals surface area contributed by atoms with Gasteiger partial charge in [-0.05, 0) is 29.8 Å². The fraction of sp³-hybridized carbons (Fsp3) is 0.154. The number of anilines is 1.